The third-order valence-electron chi connectivity index (χ3n) is 6.36. The number of benzene rings is 1. The van der Waals surface area contributed by atoms with Gasteiger partial charge < -0.3 is 30.7 Å². The molecule has 3 rings (SSSR count). The fourth-order valence-corrected chi connectivity index (χ4v) is 4.17. The number of hydrogen-bond acceptors (Lipinski definition) is 9. The van der Waals surface area contributed by atoms with Crippen LogP contribution in [0.2, 0.25) is 0 Å². The molecule has 4 N–H and O–H groups in total. The molecule has 0 atom stereocenters. The number of carbonyl (C=O) groups is 1. The van der Waals surface area contributed by atoms with Crippen LogP contribution in [0, 0.1) is 0 Å². The van der Waals surface area contributed by atoms with Gasteiger partial charge in [0.05, 0.1) is 26.4 Å². The van der Waals surface area contributed by atoms with E-state index in [1.54, 1.807) is 12.1 Å². The molecule has 1 amide bonds. The molecular formula is C27H43N7O3. The number of rotatable bonds is 17. The summed E-state index contributed by atoms with van der Waals surface area (Å²) in [6.07, 6.45) is 8.11. The van der Waals surface area contributed by atoms with E-state index in [-0.39, 0.29) is 5.91 Å². The Hall–Kier alpha value is -2.98. The van der Waals surface area contributed by atoms with Gasteiger partial charge in [0.2, 0.25) is 17.8 Å². The van der Waals surface area contributed by atoms with Crippen LogP contribution >= 0.6 is 0 Å². The van der Waals surface area contributed by atoms with E-state index in [9.17, 15) is 4.79 Å². The number of amides is 1. The Morgan fingerprint density at radius 1 is 0.865 bits per heavy atom. The van der Waals surface area contributed by atoms with Gasteiger partial charge >= 0.3 is 0 Å². The summed E-state index contributed by atoms with van der Waals surface area (Å²) in [5.41, 5.74) is 0.645. The molecule has 1 aliphatic rings. The third-order valence-corrected chi connectivity index (χ3v) is 6.36. The van der Waals surface area contributed by atoms with Crippen LogP contribution in [0.1, 0.15) is 69.2 Å². The first-order valence-corrected chi connectivity index (χ1v) is 13.7. The van der Waals surface area contributed by atoms with Gasteiger partial charge in [-0.1, -0.05) is 51.3 Å². The minimum absolute atomic E-state index is 0.0970. The Morgan fingerprint density at radius 3 is 2.22 bits per heavy atom. The Balaban J connectivity index is 1.33. The summed E-state index contributed by atoms with van der Waals surface area (Å²) in [6.45, 7) is 7.22. The molecule has 37 heavy (non-hydrogen) atoms. The highest BCUT2D eigenvalue weighted by molar-refractivity contribution is 5.94. The zero-order chi connectivity index (χ0) is 26.1. The van der Waals surface area contributed by atoms with Crippen molar-refractivity contribution in [2.75, 3.05) is 55.5 Å². The van der Waals surface area contributed by atoms with E-state index in [0.717, 1.165) is 25.7 Å². The number of carbonyl (C=O) groups excluding carboxylic acids is 1. The molecule has 2 aromatic rings. The molecule has 1 heterocycles. The maximum atomic E-state index is 12.0. The van der Waals surface area contributed by atoms with Gasteiger partial charge in [0.1, 0.15) is 0 Å². The number of ether oxygens (including phenoxy) is 2. The summed E-state index contributed by atoms with van der Waals surface area (Å²) in [5, 5.41) is 13.0. The van der Waals surface area contributed by atoms with Gasteiger partial charge in [0, 0.05) is 30.7 Å². The molecule has 10 nitrogen and oxygen atoms in total. The average Bonchev–Trinajstić information content (AvgIpc) is 2.93. The number of nitrogens with zero attached hydrogens (tertiary/aromatic N) is 3. The molecule has 204 valence electrons. The highest BCUT2D eigenvalue weighted by Crippen LogP contribution is 2.21. The molecule has 10 heteroatoms. The third kappa shape index (κ3) is 10.9. The Bertz CT molecular complexity index is 906. The molecule has 1 saturated carbocycles. The Morgan fingerprint density at radius 2 is 1.51 bits per heavy atom. The molecule has 1 aliphatic carbocycles. The van der Waals surface area contributed by atoms with E-state index >= 15 is 0 Å². The molecule has 1 aromatic heterocycles. The van der Waals surface area contributed by atoms with E-state index in [2.05, 4.69) is 50.1 Å². The van der Waals surface area contributed by atoms with Crippen LogP contribution in [0.15, 0.2) is 30.3 Å². The SMILES string of the molecule is CCC(CC)Nc1nc(NCCOCCOCCNC(=O)c2ccccc2)nc(NC2CCCCC2)n1. The number of hydrogen-bond donors (Lipinski definition) is 4. The quantitative estimate of drug-likeness (QED) is 0.232. The lowest BCUT2D eigenvalue weighted by atomic mass is 9.96. The lowest BCUT2D eigenvalue weighted by Crippen LogP contribution is -2.27. The zero-order valence-corrected chi connectivity index (χ0v) is 22.3. The maximum absolute atomic E-state index is 12.0. The molecule has 0 aliphatic heterocycles. The second kappa shape index (κ2) is 16.7. The van der Waals surface area contributed by atoms with E-state index in [4.69, 9.17) is 9.47 Å². The summed E-state index contributed by atoms with van der Waals surface area (Å²) in [7, 11) is 0. The van der Waals surface area contributed by atoms with Crippen molar-refractivity contribution in [1.82, 2.24) is 20.3 Å². The highest BCUT2D eigenvalue weighted by Gasteiger charge is 2.16. The van der Waals surface area contributed by atoms with Crippen LogP contribution in [0.4, 0.5) is 17.8 Å². The van der Waals surface area contributed by atoms with Crippen LogP contribution in [-0.2, 0) is 9.47 Å². The van der Waals surface area contributed by atoms with Crippen molar-refractivity contribution in [2.24, 2.45) is 0 Å². The first kappa shape index (κ1) is 28.6. The van der Waals surface area contributed by atoms with Gasteiger partial charge in [-0.2, -0.15) is 15.0 Å². The van der Waals surface area contributed by atoms with Crippen molar-refractivity contribution in [1.29, 1.82) is 0 Å². The first-order valence-electron chi connectivity index (χ1n) is 13.7. The van der Waals surface area contributed by atoms with Crippen LogP contribution in [0.3, 0.4) is 0 Å². The Labute approximate surface area is 220 Å². The van der Waals surface area contributed by atoms with Gasteiger partial charge in [-0.15, -0.1) is 0 Å². The monoisotopic (exact) mass is 513 g/mol. The molecule has 1 aromatic carbocycles. The standard InChI is InChI=1S/C27H43N7O3/c1-3-22(4-2)30-26-32-25(33-27(34-26)31-23-13-9-6-10-14-23)29-16-18-37-20-19-36-17-15-28-24(35)21-11-7-5-8-12-21/h5,7-8,11-12,22-23H,3-4,6,9-10,13-20H2,1-2H3,(H,28,35)(H3,29,30,31,32,33,34). The van der Waals surface area contributed by atoms with Gasteiger partial charge in [0.15, 0.2) is 0 Å². The Kier molecular flexibility index (Phi) is 12.9. The lowest BCUT2D eigenvalue weighted by Gasteiger charge is -2.23. The molecule has 0 unspecified atom stereocenters. The zero-order valence-electron chi connectivity index (χ0n) is 22.3. The van der Waals surface area contributed by atoms with E-state index in [0.29, 0.717) is 75.0 Å². The number of anilines is 3. The van der Waals surface area contributed by atoms with Crippen LogP contribution < -0.4 is 21.3 Å². The summed E-state index contributed by atoms with van der Waals surface area (Å²) in [6, 6.07) is 9.88. The van der Waals surface area contributed by atoms with Crippen molar-refractivity contribution in [2.45, 2.75) is 70.9 Å². The molecular weight excluding hydrogens is 470 g/mol. The second-order valence-corrected chi connectivity index (χ2v) is 9.22. The fourth-order valence-electron chi connectivity index (χ4n) is 4.17. The predicted molar refractivity (Wildman–Crippen MR) is 147 cm³/mol. The van der Waals surface area contributed by atoms with Crippen molar-refractivity contribution in [3.63, 3.8) is 0 Å². The van der Waals surface area contributed by atoms with Crippen molar-refractivity contribution < 1.29 is 14.3 Å². The lowest BCUT2D eigenvalue weighted by molar-refractivity contribution is 0.0519. The first-order chi connectivity index (χ1) is 18.2. The van der Waals surface area contributed by atoms with Gasteiger partial charge in [-0.25, -0.2) is 0 Å². The normalized spacial score (nSPS) is 13.9. The summed E-state index contributed by atoms with van der Waals surface area (Å²) < 4.78 is 11.2. The second-order valence-electron chi connectivity index (χ2n) is 9.22. The molecule has 0 bridgehead atoms. The molecule has 0 spiro atoms. The topological polar surface area (TPSA) is 122 Å². The number of aromatic nitrogens is 3. The predicted octanol–water partition coefficient (Wildman–Crippen LogP) is 4.09. The summed E-state index contributed by atoms with van der Waals surface area (Å²) in [5.74, 6) is 1.65. The smallest absolute Gasteiger partial charge is 0.251 e. The van der Waals surface area contributed by atoms with Gasteiger partial charge in [0.25, 0.3) is 5.91 Å². The van der Waals surface area contributed by atoms with Crippen LogP contribution in [0.5, 0.6) is 0 Å². The van der Waals surface area contributed by atoms with E-state index in [1.807, 2.05) is 18.2 Å². The highest BCUT2D eigenvalue weighted by atomic mass is 16.5. The molecule has 0 saturated heterocycles. The van der Waals surface area contributed by atoms with Crippen molar-refractivity contribution in [3.8, 4) is 0 Å². The average molecular weight is 514 g/mol. The largest absolute Gasteiger partial charge is 0.377 e. The summed E-state index contributed by atoms with van der Waals surface area (Å²) in [4.78, 5) is 25.8. The van der Waals surface area contributed by atoms with Gasteiger partial charge in [-0.3, -0.25) is 4.79 Å². The maximum Gasteiger partial charge on any atom is 0.251 e. The molecule has 0 radical (unpaired) electrons. The minimum atomic E-state index is -0.0970. The molecule has 1 fully saturated rings. The van der Waals surface area contributed by atoms with E-state index < -0.39 is 0 Å². The van der Waals surface area contributed by atoms with E-state index in [1.165, 1.54) is 19.3 Å². The van der Waals surface area contributed by atoms with Crippen molar-refractivity contribution >= 4 is 23.8 Å². The van der Waals surface area contributed by atoms with Crippen LogP contribution in [0.25, 0.3) is 0 Å². The van der Waals surface area contributed by atoms with Crippen molar-refractivity contribution in [3.05, 3.63) is 35.9 Å². The van der Waals surface area contributed by atoms with Crippen LogP contribution in [-0.4, -0.2) is 72.5 Å². The number of nitrogens with one attached hydrogen (secondary N) is 4. The fraction of sp³-hybridized carbons (Fsp3) is 0.630. The summed E-state index contributed by atoms with van der Waals surface area (Å²) >= 11 is 0. The minimum Gasteiger partial charge on any atom is -0.377 e. The van der Waals surface area contributed by atoms with Gasteiger partial charge in [-0.05, 0) is 37.8 Å².